The molecule has 1 aromatic heterocycles. The van der Waals surface area contributed by atoms with Gasteiger partial charge >= 0.3 is 0 Å². The maximum Gasteiger partial charge on any atom is 0.246 e. The first-order chi connectivity index (χ1) is 20.5. The number of hydrogen-bond donors (Lipinski definition) is 2. The summed E-state index contributed by atoms with van der Waals surface area (Å²) >= 11 is 0. The van der Waals surface area contributed by atoms with Crippen LogP contribution in [-0.2, 0) is 32.1 Å². The number of hydrogen-bond acceptors (Lipinski definition) is 7. The van der Waals surface area contributed by atoms with Crippen molar-refractivity contribution in [2.75, 3.05) is 20.1 Å². The van der Waals surface area contributed by atoms with E-state index in [4.69, 9.17) is 0 Å². The second kappa shape index (κ2) is 11.9. The summed E-state index contributed by atoms with van der Waals surface area (Å²) < 4.78 is 0. The summed E-state index contributed by atoms with van der Waals surface area (Å²) in [6, 6.07) is 16.5. The van der Waals surface area contributed by atoms with Gasteiger partial charge in [-0.25, -0.2) is 4.90 Å². The van der Waals surface area contributed by atoms with Crippen LogP contribution in [0, 0.1) is 5.41 Å². The molecule has 3 aromatic rings. The molecule has 2 fully saturated rings. The Labute approximate surface area is 252 Å². The van der Waals surface area contributed by atoms with Gasteiger partial charge in [0.1, 0.15) is 12.2 Å². The second-order valence-electron chi connectivity index (χ2n) is 12.5. The fourth-order valence-electron chi connectivity index (χ4n) is 6.21. The molecule has 10 nitrogen and oxygen atoms in total. The average Bonchev–Trinajstić information content (AvgIpc) is 3.32. The smallest absolute Gasteiger partial charge is 0.246 e. The number of aldehydes is 1. The zero-order valence-electron chi connectivity index (χ0n) is 25.4. The minimum absolute atomic E-state index is 0.112. The molecule has 0 spiro atoms. The zero-order chi connectivity index (χ0) is 30.9. The Morgan fingerprint density at radius 1 is 1.05 bits per heavy atom. The van der Waals surface area contributed by atoms with Gasteiger partial charge in [0, 0.05) is 30.8 Å². The fraction of sp³-hybridized carbons (Fsp3) is 0.424. The van der Waals surface area contributed by atoms with Gasteiger partial charge < -0.3 is 20.4 Å². The van der Waals surface area contributed by atoms with Crippen LogP contribution in [0.2, 0.25) is 0 Å². The van der Waals surface area contributed by atoms with E-state index in [1.165, 1.54) is 0 Å². The highest BCUT2D eigenvalue weighted by molar-refractivity contribution is 5.93. The van der Waals surface area contributed by atoms with Gasteiger partial charge in [-0.15, -0.1) is 0 Å². The molecule has 2 unspecified atom stereocenters. The van der Waals surface area contributed by atoms with Crippen LogP contribution >= 0.6 is 0 Å². The van der Waals surface area contributed by atoms with E-state index in [9.17, 15) is 19.2 Å². The first-order valence-electron chi connectivity index (χ1n) is 14.7. The molecule has 43 heavy (non-hydrogen) atoms. The molecule has 2 saturated heterocycles. The number of fused-ring (bicyclic) bond motifs is 2. The maximum absolute atomic E-state index is 14.2. The van der Waals surface area contributed by atoms with Crippen molar-refractivity contribution in [3.63, 3.8) is 0 Å². The van der Waals surface area contributed by atoms with E-state index >= 15 is 0 Å². The second-order valence-corrected chi connectivity index (χ2v) is 12.5. The molecule has 2 aliphatic heterocycles. The van der Waals surface area contributed by atoms with Crippen molar-refractivity contribution in [1.82, 2.24) is 30.3 Å². The molecule has 4 atom stereocenters. The van der Waals surface area contributed by atoms with Crippen molar-refractivity contribution in [2.24, 2.45) is 5.41 Å². The third-order valence-electron chi connectivity index (χ3n) is 8.86. The molecule has 2 N–H and O–H groups in total. The van der Waals surface area contributed by atoms with Crippen LogP contribution in [0.15, 0.2) is 67.0 Å². The van der Waals surface area contributed by atoms with Crippen molar-refractivity contribution < 1.29 is 19.2 Å². The topological polar surface area (TPSA) is 115 Å². The third kappa shape index (κ3) is 5.64. The van der Waals surface area contributed by atoms with E-state index in [0.717, 1.165) is 28.2 Å². The third-order valence-corrected chi connectivity index (χ3v) is 8.86. The normalized spacial score (nSPS) is 21.4. The highest BCUT2D eigenvalue weighted by atomic mass is 16.2. The fourth-order valence-corrected chi connectivity index (χ4v) is 6.21. The largest absolute Gasteiger partial charge is 0.333 e. The number of amides is 3. The number of aromatic nitrogens is 1. The van der Waals surface area contributed by atoms with Gasteiger partial charge in [0.2, 0.25) is 17.7 Å². The number of carbonyl (C=O) groups excluding carboxylic acids is 4. The Morgan fingerprint density at radius 3 is 2.40 bits per heavy atom. The molecule has 0 bridgehead atoms. The predicted molar refractivity (Wildman–Crippen MR) is 163 cm³/mol. The molecular formula is C33H40N6O4. The van der Waals surface area contributed by atoms with Gasteiger partial charge in [-0.3, -0.25) is 24.2 Å². The Morgan fingerprint density at radius 2 is 1.74 bits per heavy atom. The average molecular weight is 585 g/mol. The summed E-state index contributed by atoms with van der Waals surface area (Å²) in [5.41, 5.74) is -0.466. The summed E-state index contributed by atoms with van der Waals surface area (Å²) in [7, 11) is 1.67. The van der Waals surface area contributed by atoms with Crippen LogP contribution in [0.25, 0.3) is 10.8 Å². The molecule has 2 aliphatic rings. The highest BCUT2D eigenvalue weighted by Gasteiger charge is 2.59. The monoisotopic (exact) mass is 584 g/mol. The van der Waals surface area contributed by atoms with Crippen LogP contribution in [0.4, 0.5) is 0 Å². The lowest BCUT2D eigenvalue weighted by atomic mass is 9.79. The molecule has 10 heteroatoms. The predicted octanol–water partition coefficient (Wildman–Crippen LogP) is 2.32. The quantitative estimate of drug-likeness (QED) is 0.371. The van der Waals surface area contributed by atoms with Crippen LogP contribution < -0.4 is 10.6 Å². The summed E-state index contributed by atoms with van der Waals surface area (Å²) in [6.07, 6.45) is 3.80. The van der Waals surface area contributed by atoms with E-state index in [0.29, 0.717) is 13.0 Å². The van der Waals surface area contributed by atoms with Crippen molar-refractivity contribution in [3.05, 3.63) is 78.1 Å². The van der Waals surface area contributed by atoms with Crippen molar-refractivity contribution in [2.45, 2.75) is 64.6 Å². The molecule has 2 aromatic carbocycles. The molecule has 0 radical (unpaired) electrons. The minimum Gasteiger partial charge on any atom is -0.333 e. The van der Waals surface area contributed by atoms with Crippen LogP contribution in [-0.4, -0.2) is 87.7 Å². The van der Waals surface area contributed by atoms with Crippen molar-refractivity contribution in [1.29, 1.82) is 0 Å². The lowest BCUT2D eigenvalue weighted by molar-refractivity contribution is -0.161. The van der Waals surface area contributed by atoms with Gasteiger partial charge in [-0.2, -0.15) is 0 Å². The van der Waals surface area contributed by atoms with Gasteiger partial charge in [0.15, 0.2) is 11.9 Å². The highest BCUT2D eigenvalue weighted by Crippen LogP contribution is 2.39. The van der Waals surface area contributed by atoms with E-state index in [1.807, 2.05) is 69.3 Å². The SMILES string of the molecule is CNC(C)C(=O)NC(C=O)(N1CC(=O)N2[C@@H](Cc3ccc4ccccc4c3)C(=O)N(Cc3ccncc3)C[C@@H]21)C(C)(C)C. The Hall–Kier alpha value is -4.15. The van der Waals surface area contributed by atoms with Crippen LogP contribution in [0.1, 0.15) is 38.8 Å². The first kappa shape index (κ1) is 30.3. The standard InChI is InChI=1S/C33H40N6O4/c1-22(34-5)30(42)36-33(21-40,32(2,3)4)38-20-29(41)39-27(17-24-10-11-25-8-6-7-9-26(25)16-24)31(43)37(19-28(38)39)18-23-12-14-35-15-13-23/h6-16,21-22,27-28,34H,17-20H2,1-5H3,(H,36,42)/t22?,27-,28+,33?/m0/s1. The van der Waals surface area contributed by atoms with Gasteiger partial charge in [-0.05, 0) is 48.0 Å². The van der Waals surface area contributed by atoms with Crippen molar-refractivity contribution in [3.8, 4) is 0 Å². The molecule has 3 amide bonds. The van der Waals surface area contributed by atoms with Crippen molar-refractivity contribution >= 4 is 34.8 Å². The number of benzene rings is 2. The summed E-state index contributed by atoms with van der Waals surface area (Å²) in [4.78, 5) is 63.7. The lowest BCUT2D eigenvalue weighted by Gasteiger charge is -2.52. The maximum atomic E-state index is 14.2. The van der Waals surface area contributed by atoms with Crippen LogP contribution in [0.5, 0.6) is 0 Å². The number of likely N-dealkylation sites (N-methyl/N-ethyl adjacent to an activating group) is 1. The van der Waals surface area contributed by atoms with E-state index < -0.39 is 29.3 Å². The Bertz CT molecular complexity index is 1520. The molecule has 0 saturated carbocycles. The van der Waals surface area contributed by atoms with Crippen LogP contribution in [0.3, 0.4) is 0 Å². The van der Waals surface area contributed by atoms with Gasteiger partial charge in [-0.1, -0.05) is 63.2 Å². The van der Waals surface area contributed by atoms with Gasteiger partial charge in [0.05, 0.1) is 19.1 Å². The van der Waals surface area contributed by atoms with E-state index in [2.05, 4.69) is 21.7 Å². The number of nitrogens with one attached hydrogen (secondary N) is 2. The molecule has 5 rings (SSSR count). The Kier molecular flexibility index (Phi) is 8.36. The molecule has 0 aliphatic carbocycles. The Balaban J connectivity index is 1.57. The first-order valence-corrected chi connectivity index (χ1v) is 14.7. The molecule has 226 valence electrons. The number of pyridine rings is 1. The summed E-state index contributed by atoms with van der Waals surface area (Å²) in [5.74, 6) is -0.764. The number of carbonyl (C=O) groups is 4. The van der Waals surface area contributed by atoms with E-state index in [1.54, 1.807) is 41.1 Å². The molecule has 3 heterocycles. The lowest BCUT2D eigenvalue weighted by Crippen LogP contribution is -2.74. The number of rotatable bonds is 9. The molecular weight excluding hydrogens is 544 g/mol. The number of piperazine rings is 1. The summed E-state index contributed by atoms with van der Waals surface area (Å²) in [6.45, 7) is 7.72. The van der Waals surface area contributed by atoms with E-state index in [-0.39, 0.29) is 30.8 Å². The zero-order valence-corrected chi connectivity index (χ0v) is 25.4. The summed E-state index contributed by atoms with van der Waals surface area (Å²) in [5, 5.41) is 8.06. The number of nitrogens with zero attached hydrogens (tertiary/aromatic N) is 4. The minimum atomic E-state index is -1.51. The van der Waals surface area contributed by atoms with Gasteiger partial charge in [0.25, 0.3) is 0 Å².